The van der Waals surface area contributed by atoms with Crippen LogP contribution in [0, 0.1) is 12.3 Å². The van der Waals surface area contributed by atoms with Crippen LogP contribution in [-0.2, 0) is 6.42 Å². The van der Waals surface area contributed by atoms with Crippen molar-refractivity contribution in [3.05, 3.63) is 35.4 Å². The van der Waals surface area contributed by atoms with Gasteiger partial charge in [-0.2, -0.15) is 0 Å². The molecule has 0 unspecified atom stereocenters. The third-order valence-corrected chi connectivity index (χ3v) is 4.48. The highest BCUT2D eigenvalue weighted by Crippen LogP contribution is 2.41. The van der Waals surface area contributed by atoms with E-state index in [0.717, 1.165) is 6.54 Å². The van der Waals surface area contributed by atoms with Gasteiger partial charge in [0.2, 0.25) is 0 Å². The number of nitrogens with one attached hydrogen (secondary N) is 1. The van der Waals surface area contributed by atoms with E-state index >= 15 is 0 Å². The summed E-state index contributed by atoms with van der Waals surface area (Å²) in [5.74, 6) is 0. The van der Waals surface area contributed by atoms with E-state index in [-0.39, 0.29) is 5.54 Å². The summed E-state index contributed by atoms with van der Waals surface area (Å²) < 4.78 is 0. The monoisotopic (exact) mass is 259 g/mol. The summed E-state index contributed by atoms with van der Waals surface area (Å²) in [5.41, 5.74) is 3.70. The molecule has 19 heavy (non-hydrogen) atoms. The number of benzene rings is 1. The van der Waals surface area contributed by atoms with Crippen LogP contribution >= 0.6 is 0 Å². The molecule has 0 amide bonds. The maximum absolute atomic E-state index is 3.74. The van der Waals surface area contributed by atoms with Gasteiger partial charge in [0.25, 0.3) is 0 Å². The van der Waals surface area contributed by atoms with Crippen molar-refractivity contribution in [1.29, 1.82) is 0 Å². The van der Waals surface area contributed by atoms with Crippen LogP contribution in [-0.4, -0.2) is 12.1 Å². The second-order valence-electron chi connectivity index (χ2n) is 7.41. The van der Waals surface area contributed by atoms with Gasteiger partial charge in [-0.15, -0.1) is 0 Å². The van der Waals surface area contributed by atoms with E-state index < -0.39 is 0 Å². The van der Waals surface area contributed by atoms with Gasteiger partial charge in [-0.25, -0.2) is 0 Å². The van der Waals surface area contributed by atoms with Crippen LogP contribution in [0.5, 0.6) is 0 Å². The Morgan fingerprint density at radius 1 is 1.11 bits per heavy atom. The highest BCUT2D eigenvalue weighted by atomic mass is 15.0. The van der Waals surface area contributed by atoms with Gasteiger partial charge in [-0.1, -0.05) is 37.1 Å². The zero-order valence-corrected chi connectivity index (χ0v) is 13.1. The number of rotatable bonds is 4. The number of hydrogen-bond acceptors (Lipinski definition) is 1. The van der Waals surface area contributed by atoms with Crippen LogP contribution in [0.4, 0.5) is 0 Å². The van der Waals surface area contributed by atoms with Crippen molar-refractivity contribution in [1.82, 2.24) is 5.32 Å². The molecule has 1 heteroatoms. The number of aryl methyl sites for hydroxylation is 1. The van der Waals surface area contributed by atoms with Crippen molar-refractivity contribution in [2.24, 2.45) is 5.41 Å². The fourth-order valence-electron chi connectivity index (χ4n) is 3.21. The first-order chi connectivity index (χ1) is 8.90. The molecule has 1 aromatic rings. The minimum absolute atomic E-state index is 0.224. The molecule has 0 atom stereocenters. The maximum atomic E-state index is 3.74. The standard InChI is InChI=1S/C18H29N/c1-15-9-5-6-10-16(15)13-18(11-7-8-12-18)14-19-17(2,3)4/h5-6,9-10,19H,7-8,11-14H2,1-4H3. The predicted octanol–water partition coefficient (Wildman–Crippen LogP) is 4.49. The molecule has 0 radical (unpaired) electrons. The summed E-state index contributed by atoms with van der Waals surface area (Å²) >= 11 is 0. The van der Waals surface area contributed by atoms with Gasteiger partial charge in [0.15, 0.2) is 0 Å². The van der Waals surface area contributed by atoms with Crippen LogP contribution in [0.25, 0.3) is 0 Å². The zero-order valence-electron chi connectivity index (χ0n) is 13.1. The van der Waals surface area contributed by atoms with Gasteiger partial charge < -0.3 is 5.32 Å². The Hall–Kier alpha value is -0.820. The van der Waals surface area contributed by atoms with Gasteiger partial charge in [0.05, 0.1) is 0 Å². The van der Waals surface area contributed by atoms with Crippen LogP contribution in [0.2, 0.25) is 0 Å². The third kappa shape index (κ3) is 4.07. The van der Waals surface area contributed by atoms with E-state index in [1.807, 2.05) is 0 Å². The fourth-order valence-corrected chi connectivity index (χ4v) is 3.21. The van der Waals surface area contributed by atoms with Crippen molar-refractivity contribution in [2.75, 3.05) is 6.54 Å². The normalized spacial score (nSPS) is 18.7. The van der Waals surface area contributed by atoms with Gasteiger partial charge in [0.1, 0.15) is 0 Å². The minimum atomic E-state index is 0.224. The highest BCUT2D eigenvalue weighted by molar-refractivity contribution is 5.27. The second-order valence-corrected chi connectivity index (χ2v) is 7.41. The molecular formula is C18H29N. The second kappa shape index (κ2) is 5.66. The first kappa shape index (κ1) is 14.6. The summed E-state index contributed by atoms with van der Waals surface area (Å²) in [6.45, 7) is 10.2. The molecule has 0 aromatic heterocycles. The number of hydrogen-bond donors (Lipinski definition) is 1. The third-order valence-electron chi connectivity index (χ3n) is 4.48. The average Bonchev–Trinajstić information content (AvgIpc) is 2.78. The van der Waals surface area contributed by atoms with Crippen molar-refractivity contribution in [2.45, 2.75) is 65.3 Å². The van der Waals surface area contributed by atoms with E-state index in [9.17, 15) is 0 Å². The lowest BCUT2D eigenvalue weighted by atomic mass is 9.78. The molecule has 1 aromatic carbocycles. The first-order valence-corrected chi connectivity index (χ1v) is 7.70. The molecular weight excluding hydrogens is 230 g/mol. The van der Waals surface area contributed by atoms with E-state index in [2.05, 4.69) is 57.3 Å². The van der Waals surface area contributed by atoms with Crippen molar-refractivity contribution in [3.63, 3.8) is 0 Å². The molecule has 0 aliphatic heterocycles. The summed E-state index contributed by atoms with van der Waals surface area (Å²) in [6.07, 6.45) is 6.80. The van der Waals surface area contributed by atoms with Crippen molar-refractivity contribution < 1.29 is 0 Å². The van der Waals surface area contributed by atoms with Crippen molar-refractivity contribution >= 4 is 0 Å². The summed E-state index contributed by atoms with van der Waals surface area (Å²) in [4.78, 5) is 0. The Labute approximate surface area is 118 Å². The van der Waals surface area contributed by atoms with Crippen LogP contribution in [0.1, 0.15) is 57.6 Å². The molecule has 0 spiro atoms. The highest BCUT2D eigenvalue weighted by Gasteiger charge is 2.34. The summed E-state index contributed by atoms with van der Waals surface area (Å²) in [7, 11) is 0. The Kier molecular flexibility index (Phi) is 4.35. The molecule has 0 heterocycles. The van der Waals surface area contributed by atoms with Crippen LogP contribution in [0.15, 0.2) is 24.3 Å². The molecule has 1 fully saturated rings. The van der Waals surface area contributed by atoms with Gasteiger partial charge in [0, 0.05) is 12.1 Å². The molecule has 2 rings (SSSR count). The lowest BCUT2D eigenvalue weighted by Crippen LogP contribution is -2.44. The summed E-state index contributed by atoms with van der Waals surface area (Å²) in [6, 6.07) is 8.89. The molecule has 0 bridgehead atoms. The van der Waals surface area contributed by atoms with Gasteiger partial charge in [-0.3, -0.25) is 0 Å². The molecule has 1 aliphatic rings. The van der Waals surface area contributed by atoms with E-state index in [1.165, 1.54) is 37.7 Å². The van der Waals surface area contributed by atoms with Gasteiger partial charge >= 0.3 is 0 Å². The Bertz CT molecular complexity index is 408. The Morgan fingerprint density at radius 3 is 2.32 bits per heavy atom. The fraction of sp³-hybridized carbons (Fsp3) is 0.667. The SMILES string of the molecule is Cc1ccccc1CC1(CNC(C)(C)C)CCCC1. The Morgan fingerprint density at radius 2 is 1.74 bits per heavy atom. The molecule has 0 saturated heterocycles. The maximum Gasteiger partial charge on any atom is 0.00967 e. The first-order valence-electron chi connectivity index (χ1n) is 7.70. The average molecular weight is 259 g/mol. The van der Waals surface area contributed by atoms with E-state index in [0.29, 0.717) is 5.41 Å². The lowest BCUT2D eigenvalue weighted by Gasteiger charge is -2.34. The molecule has 1 nitrogen and oxygen atoms in total. The van der Waals surface area contributed by atoms with E-state index in [1.54, 1.807) is 5.56 Å². The lowest BCUT2D eigenvalue weighted by molar-refractivity contribution is 0.244. The largest absolute Gasteiger partial charge is 0.312 e. The smallest absolute Gasteiger partial charge is 0.00967 e. The Balaban J connectivity index is 2.10. The zero-order chi connectivity index (χ0) is 13.9. The molecule has 106 valence electrons. The topological polar surface area (TPSA) is 12.0 Å². The predicted molar refractivity (Wildman–Crippen MR) is 83.5 cm³/mol. The molecule has 1 aliphatic carbocycles. The minimum Gasteiger partial charge on any atom is -0.312 e. The van der Waals surface area contributed by atoms with Crippen molar-refractivity contribution in [3.8, 4) is 0 Å². The summed E-state index contributed by atoms with van der Waals surface area (Å²) in [5, 5.41) is 3.74. The van der Waals surface area contributed by atoms with Crippen LogP contribution < -0.4 is 5.32 Å². The molecule has 1 N–H and O–H groups in total. The van der Waals surface area contributed by atoms with Gasteiger partial charge in [-0.05, 0) is 63.5 Å². The van der Waals surface area contributed by atoms with E-state index in [4.69, 9.17) is 0 Å². The quantitative estimate of drug-likeness (QED) is 0.840. The van der Waals surface area contributed by atoms with Crippen LogP contribution in [0.3, 0.4) is 0 Å². The molecule has 1 saturated carbocycles.